The van der Waals surface area contributed by atoms with Gasteiger partial charge in [-0.05, 0) is 26.3 Å². The lowest BCUT2D eigenvalue weighted by molar-refractivity contribution is 0.204. The molecule has 1 fully saturated rings. The summed E-state index contributed by atoms with van der Waals surface area (Å²) in [6, 6.07) is 3.55. The van der Waals surface area contributed by atoms with E-state index in [2.05, 4.69) is 15.2 Å². The minimum atomic E-state index is -3.59. The minimum absolute atomic E-state index is 0.0771. The summed E-state index contributed by atoms with van der Waals surface area (Å²) in [7, 11) is -1.82. The second kappa shape index (κ2) is 5.89. The molecule has 3 heterocycles. The number of ether oxygens (including phenoxy) is 1. The lowest BCUT2D eigenvalue weighted by Gasteiger charge is -2.15. The molecule has 8 nitrogen and oxygen atoms in total. The molecule has 0 radical (unpaired) electrons. The normalized spacial score (nSPS) is 19.2. The van der Waals surface area contributed by atoms with Gasteiger partial charge in [0.1, 0.15) is 11.9 Å². The van der Waals surface area contributed by atoms with Crippen molar-refractivity contribution in [3.63, 3.8) is 0 Å². The Morgan fingerprint density at radius 2 is 2.04 bits per heavy atom. The van der Waals surface area contributed by atoms with Gasteiger partial charge in [0.2, 0.25) is 5.88 Å². The Balaban J connectivity index is 1.70. The van der Waals surface area contributed by atoms with Crippen LogP contribution in [0.25, 0.3) is 0 Å². The Morgan fingerprint density at radius 1 is 1.26 bits per heavy atom. The molecule has 0 aliphatic carbocycles. The first kappa shape index (κ1) is 15.9. The highest BCUT2D eigenvalue weighted by molar-refractivity contribution is 7.89. The highest BCUT2D eigenvalue weighted by atomic mass is 32.2. The van der Waals surface area contributed by atoms with Crippen molar-refractivity contribution in [3.05, 3.63) is 29.8 Å². The van der Waals surface area contributed by atoms with Gasteiger partial charge in [0.05, 0.1) is 12.2 Å². The second-order valence-corrected chi connectivity index (χ2v) is 7.53. The van der Waals surface area contributed by atoms with Crippen LogP contribution in [0.15, 0.2) is 23.4 Å². The summed E-state index contributed by atoms with van der Waals surface area (Å²) in [5, 5.41) is 7.95. The summed E-state index contributed by atoms with van der Waals surface area (Å²) in [6.45, 7) is 4.30. The molecule has 0 spiro atoms. The Kier molecular flexibility index (Phi) is 4.07. The fourth-order valence-electron chi connectivity index (χ4n) is 2.42. The SMILES string of the molecule is Cc1ccc(OC2CCN(S(=O)(=O)c3cn(C)c(C)n3)C2)nn1. The van der Waals surface area contributed by atoms with Crippen molar-refractivity contribution >= 4 is 10.0 Å². The quantitative estimate of drug-likeness (QED) is 0.814. The van der Waals surface area contributed by atoms with Gasteiger partial charge in [-0.2, -0.15) is 9.40 Å². The molecule has 9 heteroatoms. The largest absolute Gasteiger partial charge is 0.472 e. The number of imidazole rings is 1. The molecule has 1 unspecified atom stereocenters. The summed E-state index contributed by atoms with van der Waals surface area (Å²) in [6.07, 6.45) is 1.91. The first-order chi connectivity index (χ1) is 10.9. The van der Waals surface area contributed by atoms with E-state index in [0.29, 0.717) is 24.7 Å². The van der Waals surface area contributed by atoms with Crippen molar-refractivity contribution in [2.75, 3.05) is 13.1 Å². The van der Waals surface area contributed by atoms with Crippen LogP contribution in [0.2, 0.25) is 0 Å². The van der Waals surface area contributed by atoms with Gasteiger partial charge >= 0.3 is 0 Å². The molecule has 0 bridgehead atoms. The molecule has 0 amide bonds. The van der Waals surface area contributed by atoms with Crippen molar-refractivity contribution < 1.29 is 13.2 Å². The topological polar surface area (TPSA) is 90.2 Å². The van der Waals surface area contributed by atoms with Crippen LogP contribution in [-0.2, 0) is 17.1 Å². The van der Waals surface area contributed by atoms with Gasteiger partial charge in [0, 0.05) is 25.9 Å². The van der Waals surface area contributed by atoms with Crippen LogP contribution < -0.4 is 4.74 Å². The van der Waals surface area contributed by atoms with E-state index >= 15 is 0 Å². The summed E-state index contributed by atoms with van der Waals surface area (Å²) >= 11 is 0. The first-order valence-corrected chi connectivity index (χ1v) is 8.77. The Hall–Kier alpha value is -2.00. The van der Waals surface area contributed by atoms with Crippen molar-refractivity contribution in [1.29, 1.82) is 0 Å². The number of aryl methyl sites for hydroxylation is 3. The van der Waals surface area contributed by atoms with E-state index in [-0.39, 0.29) is 17.7 Å². The maximum absolute atomic E-state index is 12.6. The molecule has 124 valence electrons. The van der Waals surface area contributed by atoms with Crippen LogP contribution >= 0.6 is 0 Å². The summed E-state index contributed by atoms with van der Waals surface area (Å²) < 4.78 is 34.0. The first-order valence-electron chi connectivity index (χ1n) is 7.33. The third kappa shape index (κ3) is 3.20. The number of hydrogen-bond donors (Lipinski definition) is 0. The molecule has 1 aliphatic heterocycles. The van der Waals surface area contributed by atoms with Crippen LogP contribution in [0, 0.1) is 13.8 Å². The maximum Gasteiger partial charge on any atom is 0.262 e. The zero-order valence-corrected chi connectivity index (χ0v) is 14.1. The number of rotatable bonds is 4. The highest BCUT2D eigenvalue weighted by Gasteiger charge is 2.35. The molecule has 2 aromatic rings. The molecular formula is C14H19N5O3S. The van der Waals surface area contributed by atoms with E-state index in [9.17, 15) is 8.42 Å². The van der Waals surface area contributed by atoms with Gasteiger partial charge in [-0.15, -0.1) is 5.10 Å². The minimum Gasteiger partial charge on any atom is -0.472 e. The van der Waals surface area contributed by atoms with Crippen LogP contribution in [-0.4, -0.2) is 51.7 Å². The third-order valence-corrected chi connectivity index (χ3v) is 5.60. The number of sulfonamides is 1. The van der Waals surface area contributed by atoms with E-state index < -0.39 is 10.0 Å². The van der Waals surface area contributed by atoms with Gasteiger partial charge in [-0.25, -0.2) is 13.4 Å². The van der Waals surface area contributed by atoms with Crippen molar-refractivity contribution in [1.82, 2.24) is 24.1 Å². The molecule has 1 aliphatic rings. The van der Waals surface area contributed by atoms with Crippen LogP contribution in [0.3, 0.4) is 0 Å². The number of nitrogens with zero attached hydrogens (tertiary/aromatic N) is 5. The number of hydrogen-bond acceptors (Lipinski definition) is 6. The predicted octanol–water partition coefficient (Wildman–Crippen LogP) is 0.669. The molecule has 23 heavy (non-hydrogen) atoms. The molecule has 0 N–H and O–H groups in total. The Morgan fingerprint density at radius 3 is 2.65 bits per heavy atom. The molecule has 3 rings (SSSR count). The molecule has 0 aromatic carbocycles. The Bertz CT molecular complexity index is 781. The van der Waals surface area contributed by atoms with Crippen LogP contribution in [0.1, 0.15) is 17.9 Å². The summed E-state index contributed by atoms with van der Waals surface area (Å²) in [4.78, 5) is 4.12. The third-order valence-electron chi connectivity index (χ3n) is 3.86. The standard InChI is InChI=1S/C14H19N5O3S/c1-10-4-5-13(17-16-10)22-12-6-7-19(8-12)23(20,21)14-9-18(3)11(2)15-14/h4-5,9,12H,6-8H2,1-3H3. The van der Waals surface area contributed by atoms with Gasteiger partial charge in [-0.1, -0.05) is 0 Å². The Labute approximate surface area is 135 Å². The van der Waals surface area contributed by atoms with Crippen molar-refractivity contribution in [3.8, 4) is 5.88 Å². The van der Waals surface area contributed by atoms with E-state index in [1.54, 1.807) is 24.6 Å². The van der Waals surface area contributed by atoms with E-state index in [1.165, 1.54) is 10.5 Å². The molecule has 0 saturated carbocycles. The summed E-state index contributed by atoms with van der Waals surface area (Å²) in [5.74, 6) is 1.07. The molecule has 2 aromatic heterocycles. The predicted molar refractivity (Wildman–Crippen MR) is 82.5 cm³/mol. The maximum atomic E-state index is 12.6. The van der Waals surface area contributed by atoms with E-state index in [1.807, 2.05) is 13.0 Å². The van der Waals surface area contributed by atoms with Crippen LogP contribution in [0.4, 0.5) is 0 Å². The molecule has 1 saturated heterocycles. The van der Waals surface area contributed by atoms with Gasteiger partial charge in [0.15, 0.2) is 5.03 Å². The van der Waals surface area contributed by atoms with Gasteiger partial charge in [-0.3, -0.25) is 0 Å². The zero-order valence-electron chi connectivity index (χ0n) is 13.3. The fraction of sp³-hybridized carbons (Fsp3) is 0.500. The molecule has 1 atom stereocenters. The zero-order chi connectivity index (χ0) is 16.6. The fourth-order valence-corrected chi connectivity index (χ4v) is 3.93. The van der Waals surface area contributed by atoms with Crippen molar-refractivity contribution in [2.24, 2.45) is 7.05 Å². The van der Waals surface area contributed by atoms with Crippen molar-refractivity contribution in [2.45, 2.75) is 31.4 Å². The van der Waals surface area contributed by atoms with Gasteiger partial charge < -0.3 is 9.30 Å². The average molecular weight is 337 g/mol. The van der Waals surface area contributed by atoms with Crippen LogP contribution in [0.5, 0.6) is 5.88 Å². The molecular weight excluding hydrogens is 318 g/mol. The monoisotopic (exact) mass is 337 g/mol. The lowest BCUT2D eigenvalue weighted by Crippen LogP contribution is -2.31. The van der Waals surface area contributed by atoms with E-state index in [0.717, 1.165) is 5.69 Å². The summed E-state index contributed by atoms with van der Waals surface area (Å²) in [5.41, 5.74) is 0.804. The average Bonchev–Trinajstić information content (AvgIpc) is 3.10. The van der Waals surface area contributed by atoms with E-state index in [4.69, 9.17) is 4.74 Å². The number of aromatic nitrogens is 4. The van der Waals surface area contributed by atoms with Gasteiger partial charge in [0.25, 0.3) is 10.0 Å². The second-order valence-electron chi connectivity index (χ2n) is 5.64. The lowest BCUT2D eigenvalue weighted by atomic mass is 10.3. The highest BCUT2D eigenvalue weighted by Crippen LogP contribution is 2.22. The smallest absolute Gasteiger partial charge is 0.262 e.